The van der Waals surface area contributed by atoms with E-state index in [9.17, 15) is 0 Å². The van der Waals surface area contributed by atoms with Crippen molar-refractivity contribution in [2.45, 2.75) is 39.2 Å². The summed E-state index contributed by atoms with van der Waals surface area (Å²) in [5.41, 5.74) is 0. The summed E-state index contributed by atoms with van der Waals surface area (Å²) < 4.78 is 7.13. The molecule has 0 N–H and O–H groups in total. The Kier molecular flexibility index (Phi) is 3.91. The summed E-state index contributed by atoms with van der Waals surface area (Å²) in [6.07, 6.45) is 4.12. The van der Waals surface area contributed by atoms with Crippen LogP contribution in [0.15, 0.2) is 28.7 Å². The lowest BCUT2D eigenvalue weighted by Crippen LogP contribution is -2.28. The SMILES string of the molecule is CC1CC(C)CC(Oc2cccc(Br)c2)C1. The molecule has 0 bridgehead atoms. The van der Waals surface area contributed by atoms with E-state index in [1.165, 1.54) is 19.3 Å². The van der Waals surface area contributed by atoms with Crippen LogP contribution in [0.2, 0.25) is 0 Å². The van der Waals surface area contributed by atoms with Crippen LogP contribution in [0.4, 0.5) is 0 Å². The average molecular weight is 283 g/mol. The van der Waals surface area contributed by atoms with Gasteiger partial charge in [0.15, 0.2) is 0 Å². The smallest absolute Gasteiger partial charge is 0.120 e. The van der Waals surface area contributed by atoms with E-state index in [-0.39, 0.29) is 0 Å². The summed E-state index contributed by atoms with van der Waals surface area (Å²) in [7, 11) is 0. The molecule has 1 saturated carbocycles. The quantitative estimate of drug-likeness (QED) is 0.767. The Balaban J connectivity index is 1.98. The molecule has 0 spiro atoms. The van der Waals surface area contributed by atoms with Crippen LogP contribution < -0.4 is 4.74 Å². The van der Waals surface area contributed by atoms with Crippen molar-refractivity contribution in [1.82, 2.24) is 0 Å². The van der Waals surface area contributed by atoms with Gasteiger partial charge in [-0.3, -0.25) is 0 Å². The lowest BCUT2D eigenvalue weighted by molar-refractivity contribution is 0.101. The summed E-state index contributed by atoms with van der Waals surface area (Å²) in [4.78, 5) is 0. The number of benzene rings is 1. The highest BCUT2D eigenvalue weighted by Gasteiger charge is 2.25. The molecule has 0 aromatic heterocycles. The lowest BCUT2D eigenvalue weighted by atomic mass is 9.82. The Hall–Kier alpha value is -0.500. The van der Waals surface area contributed by atoms with Gasteiger partial charge in [0.2, 0.25) is 0 Å². The monoisotopic (exact) mass is 282 g/mol. The maximum atomic E-state index is 6.05. The molecule has 0 aliphatic heterocycles. The van der Waals surface area contributed by atoms with Gasteiger partial charge < -0.3 is 4.74 Å². The second-order valence-corrected chi connectivity index (χ2v) is 6.03. The van der Waals surface area contributed by atoms with Crippen LogP contribution in [-0.4, -0.2) is 6.10 Å². The third-order valence-electron chi connectivity index (χ3n) is 3.23. The minimum atomic E-state index is 0.396. The molecule has 2 unspecified atom stereocenters. The molecule has 0 saturated heterocycles. The maximum Gasteiger partial charge on any atom is 0.120 e. The molecular weight excluding hydrogens is 264 g/mol. The Morgan fingerprint density at radius 1 is 1.12 bits per heavy atom. The molecule has 1 aromatic carbocycles. The van der Waals surface area contributed by atoms with E-state index in [0.29, 0.717) is 6.10 Å². The summed E-state index contributed by atoms with van der Waals surface area (Å²) in [5.74, 6) is 2.57. The lowest BCUT2D eigenvalue weighted by Gasteiger charge is -2.31. The van der Waals surface area contributed by atoms with Crippen LogP contribution in [0.3, 0.4) is 0 Å². The fourth-order valence-corrected chi connectivity index (χ4v) is 3.08. The predicted molar refractivity (Wildman–Crippen MR) is 70.7 cm³/mol. The van der Waals surface area contributed by atoms with Crippen LogP contribution in [-0.2, 0) is 0 Å². The zero-order chi connectivity index (χ0) is 11.5. The van der Waals surface area contributed by atoms with Crippen molar-refractivity contribution in [2.24, 2.45) is 11.8 Å². The van der Waals surface area contributed by atoms with Gasteiger partial charge >= 0.3 is 0 Å². The molecule has 88 valence electrons. The molecule has 0 heterocycles. The zero-order valence-electron chi connectivity index (χ0n) is 9.95. The van der Waals surface area contributed by atoms with Crippen molar-refractivity contribution >= 4 is 15.9 Å². The predicted octanol–water partition coefficient (Wildman–Crippen LogP) is 4.65. The number of ether oxygens (including phenoxy) is 1. The number of hydrogen-bond donors (Lipinski definition) is 0. The maximum absolute atomic E-state index is 6.05. The highest BCUT2D eigenvalue weighted by atomic mass is 79.9. The Morgan fingerprint density at radius 2 is 1.81 bits per heavy atom. The third kappa shape index (κ3) is 3.24. The standard InChI is InChI=1S/C14H19BrO/c1-10-6-11(2)8-14(7-10)16-13-5-3-4-12(15)9-13/h3-5,9-11,14H,6-8H2,1-2H3. The van der Waals surface area contributed by atoms with Crippen molar-refractivity contribution in [3.8, 4) is 5.75 Å². The minimum Gasteiger partial charge on any atom is -0.490 e. The van der Waals surface area contributed by atoms with E-state index in [0.717, 1.165) is 22.1 Å². The summed E-state index contributed by atoms with van der Waals surface area (Å²) in [6, 6.07) is 8.13. The molecule has 0 radical (unpaired) electrons. The second kappa shape index (κ2) is 5.22. The first kappa shape index (κ1) is 12.0. The van der Waals surface area contributed by atoms with Gasteiger partial charge in [0.05, 0.1) is 6.10 Å². The highest BCUT2D eigenvalue weighted by molar-refractivity contribution is 9.10. The largest absolute Gasteiger partial charge is 0.490 e. The van der Waals surface area contributed by atoms with E-state index >= 15 is 0 Å². The third-order valence-corrected chi connectivity index (χ3v) is 3.73. The molecule has 2 heteroatoms. The van der Waals surface area contributed by atoms with E-state index in [2.05, 4.69) is 29.8 Å². The average Bonchev–Trinajstić information content (AvgIpc) is 2.15. The molecule has 1 fully saturated rings. The molecule has 1 aromatic rings. The fraction of sp³-hybridized carbons (Fsp3) is 0.571. The van der Waals surface area contributed by atoms with Gasteiger partial charge in [-0.15, -0.1) is 0 Å². The van der Waals surface area contributed by atoms with Gasteiger partial charge in [-0.2, -0.15) is 0 Å². The van der Waals surface area contributed by atoms with Crippen molar-refractivity contribution in [1.29, 1.82) is 0 Å². The van der Waals surface area contributed by atoms with Crippen molar-refractivity contribution < 1.29 is 4.74 Å². The van der Waals surface area contributed by atoms with Gasteiger partial charge in [0.25, 0.3) is 0 Å². The summed E-state index contributed by atoms with van der Waals surface area (Å²) in [5, 5.41) is 0. The van der Waals surface area contributed by atoms with Crippen LogP contribution in [0.25, 0.3) is 0 Å². The zero-order valence-corrected chi connectivity index (χ0v) is 11.5. The van der Waals surface area contributed by atoms with Crippen LogP contribution in [0, 0.1) is 11.8 Å². The molecule has 2 atom stereocenters. The van der Waals surface area contributed by atoms with Crippen molar-refractivity contribution in [2.75, 3.05) is 0 Å². The first-order valence-corrected chi connectivity index (χ1v) is 6.85. The highest BCUT2D eigenvalue weighted by Crippen LogP contribution is 2.31. The Morgan fingerprint density at radius 3 is 2.44 bits per heavy atom. The van der Waals surface area contributed by atoms with E-state index < -0.39 is 0 Å². The summed E-state index contributed by atoms with van der Waals surface area (Å²) >= 11 is 3.47. The molecular formula is C14H19BrO. The fourth-order valence-electron chi connectivity index (χ4n) is 2.70. The normalized spacial score (nSPS) is 30.1. The van der Waals surface area contributed by atoms with Crippen LogP contribution >= 0.6 is 15.9 Å². The van der Waals surface area contributed by atoms with Gasteiger partial charge in [0.1, 0.15) is 5.75 Å². The van der Waals surface area contributed by atoms with Crippen LogP contribution in [0.5, 0.6) is 5.75 Å². The first-order valence-electron chi connectivity index (χ1n) is 6.05. The molecule has 1 aliphatic rings. The first-order chi connectivity index (χ1) is 7.63. The van der Waals surface area contributed by atoms with E-state index in [4.69, 9.17) is 4.74 Å². The number of rotatable bonds is 2. The second-order valence-electron chi connectivity index (χ2n) is 5.11. The van der Waals surface area contributed by atoms with Crippen molar-refractivity contribution in [3.63, 3.8) is 0 Å². The molecule has 0 amide bonds. The van der Waals surface area contributed by atoms with E-state index in [1.807, 2.05) is 24.3 Å². The summed E-state index contributed by atoms with van der Waals surface area (Å²) in [6.45, 7) is 4.65. The van der Waals surface area contributed by atoms with E-state index in [1.54, 1.807) is 0 Å². The van der Waals surface area contributed by atoms with Crippen LogP contribution in [0.1, 0.15) is 33.1 Å². The molecule has 16 heavy (non-hydrogen) atoms. The van der Waals surface area contributed by atoms with Gasteiger partial charge in [-0.1, -0.05) is 35.8 Å². The topological polar surface area (TPSA) is 9.23 Å². The molecule has 1 nitrogen and oxygen atoms in total. The molecule has 1 aliphatic carbocycles. The Bertz CT molecular complexity index is 340. The molecule has 2 rings (SSSR count). The van der Waals surface area contributed by atoms with Gasteiger partial charge in [0, 0.05) is 4.47 Å². The Labute approximate surface area is 106 Å². The number of hydrogen-bond acceptors (Lipinski definition) is 1. The van der Waals surface area contributed by atoms with Gasteiger partial charge in [-0.05, 0) is 49.3 Å². The van der Waals surface area contributed by atoms with Crippen molar-refractivity contribution in [3.05, 3.63) is 28.7 Å². The minimum absolute atomic E-state index is 0.396. The van der Waals surface area contributed by atoms with Gasteiger partial charge in [-0.25, -0.2) is 0 Å². The number of halogens is 1.